The van der Waals surface area contributed by atoms with Crippen LogP contribution < -0.4 is 5.32 Å². The van der Waals surface area contributed by atoms with E-state index in [2.05, 4.69) is 20.5 Å². The summed E-state index contributed by atoms with van der Waals surface area (Å²) < 4.78 is 0. The van der Waals surface area contributed by atoms with Crippen LogP contribution >= 0.6 is 0 Å². The molecule has 0 spiro atoms. The Morgan fingerprint density at radius 3 is 3.00 bits per heavy atom. The molecule has 2 heterocycles. The molecule has 0 saturated heterocycles. The van der Waals surface area contributed by atoms with Crippen molar-refractivity contribution < 1.29 is 4.79 Å². The quantitative estimate of drug-likeness (QED) is 0.806. The topological polar surface area (TPSA) is 94.5 Å². The number of H-pyrrole nitrogens is 1. The maximum atomic E-state index is 11.8. The van der Waals surface area contributed by atoms with Gasteiger partial charge in [-0.2, -0.15) is 10.4 Å². The van der Waals surface area contributed by atoms with Crippen molar-refractivity contribution in [2.24, 2.45) is 0 Å². The number of nitrogens with zero attached hydrogens (tertiary/aromatic N) is 3. The van der Waals surface area contributed by atoms with Crippen LogP contribution in [0.15, 0.2) is 24.7 Å². The molecule has 6 nitrogen and oxygen atoms in total. The van der Waals surface area contributed by atoms with Gasteiger partial charge in [-0.3, -0.25) is 14.9 Å². The molecular formula is C11H9N5O. The molecule has 0 aliphatic heterocycles. The molecule has 2 aromatic rings. The van der Waals surface area contributed by atoms with E-state index in [1.54, 1.807) is 12.3 Å². The lowest BCUT2D eigenvalue weighted by molar-refractivity contribution is 0.102. The fraction of sp³-hybridized carbons (Fsp3) is 0.0909. The number of hydrogen-bond acceptors (Lipinski definition) is 4. The number of rotatable bonds is 2. The van der Waals surface area contributed by atoms with Crippen molar-refractivity contribution in [3.63, 3.8) is 0 Å². The van der Waals surface area contributed by atoms with E-state index in [9.17, 15) is 4.79 Å². The summed E-state index contributed by atoms with van der Waals surface area (Å²) in [7, 11) is 0. The molecule has 2 N–H and O–H groups in total. The zero-order valence-electron chi connectivity index (χ0n) is 9.06. The number of nitrogens with one attached hydrogen (secondary N) is 2. The highest BCUT2D eigenvalue weighted by atomic mass is 16.1. The summed E-state index contributed by atoms with van der Waals surface area (Å²) in [5.41, 5.74) is 1.62. The Kier molecular flexibility index (Phi) is 2.83. The van der Waals surface area contributed by atoms with Crippen LogP contribution in [-0.2, 0) is 0 Å². The molecule has 0 bridgehead atoms. The van der Waals surface area contributed by atoms with E-state index in [-0.39, 0.29) is 5.91 Å². The van der Waals surface area contributed by atoms with E-state index >= 15 is 0 Å². The monoisotopic (exact) mass is 227 g/mol. The molecule has 0 fully saturated rings. The molecule has 17 heavy (non-hydrogen) atoms. The van der Waals surface area contributed by atoms with Crippen molar-refractivity contribution in [3.8, 4) is 6.07 Å². The lowest BCUT2D eigenvalue weighted by Gasteiger charge is -2.03. The Labute approximate surface area is 97.3 Å². The van der Waals surface area contributed by atoms with Crippen molar-refractivity contribution >= 4 is 11.7 Å². The third-order valence-electron chi connectivity index (χ3n) is 2.14. The van der Waals surface area contributed by atoms with Crippen molar-refractivity contribution in [1.82, 2.24) is 15.2 Å². The highest BCUT2D eigenvalue weighted by molar-refractivity contribution is 6.04. The molecule has 0 atom stereocenters. The minimum Gasteiger partial charge on any atom is -0.306 e. The number of anilines is 1. The highest BCUT2D eigenvalue weighted by Crippen LogP contribution is 2.11. The summed E-state index contributed by atoms with van der Waals surface area (Å²) >= 11 is 0. The predicted molar refractivity (Wildman–Crippen MR) is 60.2 cm³/mol. The van der Waals surface area contributed by atoms with Crippen LogP contribution in [0.1, 0.15) is 21.5 Å². The van der Waals surface area contributed by atoms with Crippen molar-refractivity contribution in [2.75, 3.05) is 5.32 Å². The van der Waals surface area contributed by atoms with Crippen LogP contribution in [0.4, 0.5) is 5.82 Å². The van der Waals surface area contributed by atoms with E-state index in [0.29, 0.717) is 16.9 Å². The fourth-order valence-electron chi connectivity index (χ4n) is 1.33. The van der Waals surface area contributed by atoms with Crippen molar-refractivity contribution in [3.05, 3.63) is 41.3 Å². The van der Waals surface area contributed by atoms with Gasteiger partial charge in [0.2, 0.25) is 0 Å². The van der Waals surface area contributed by atoms with Crippen LogP contribution in [0.25, 0.3) is 0 Å². The molecule has 0 unspecified atom stereocenters. The number of amides is 1. The summed E-state index contributed by atoms with van der Waals surface area (Å²) in [6.07, 6.45) is 4.47. The summed E-state index contributed by atoms with van der Waals surface area (Å²) in [6, 6.07) is 3.63. The molecule has 0 aliphatic carbocycles. The zero-order chi connectivity index (χ0) is 12.3. The van der Waals surface area contributed by atoms with Gasteiger partial charge in [-0.25, -0.2) is 0 Å². The largest absolute Gasteiger partial charge is 0.306 e. The molecule has 1 amide bonds. The van der Waals surface area contributed by atoms with Crippen molar-refractivity contribution in [1.29, 1.82) is 5.26 Å². The van der Waals surface area contributed by atoms with Gasteiger partial charge in [0.25, 0.3) is 5.91 Å². The first-order chi connectivity index (χ1) is 8.20. The number of aromatic nitrogens is 3. The smallest absolute Gasteiger partial charge is 0.258 e. The predicted octanol–water partition coefficient (Wildman–Crippen LogP) is 1.24. The van der Waals surface area contributed by atoms with E-state index in [0.717, 1.165) is 5.56 Å². The minimum atomic E-state index is -0.332. The molecule has 6 heteroatoms. The number of pyridine rings is 1. The molecule has 84 valence electrons. The Morgan fingerprint density at radius 2 is 2.29 bits per heavy atom. The third-order valence-corrected chi connectivity index (χ3v) is 2.14. The second-order valence-electron chi connectivity index (χ2n) is 3.48. The molecule has 0 aromatic carbocycles. The number of aromatic amines is 1. The van der Waals surface area contributed by atoms with Gasteiger partial charge in [0.05, 0.1) is 11.8 Å². The number of carbonyl (C=O) groups is 1. The van der Waals surface area contributed by atoms with Crippen LogP contribution in [0.5, 0.6) is 0 Å². The van der Waals surface area contributed by atoms with Crippen LogP contribution in [0.3, 0.4) is 0 Å². The van der Waals surface area contributed by atoms with E-state index in [4.69, 9.17) is 5.26 Å². The molecular weight excluding hydrogens is 218 g/mol. The Balaban J connectivity index is 2.21. The lowest BCUT2D eigenvalue weighted by atomic mass is 10.2. The summed E-state index contributed by atoms with van der Waals surface area (Å²) in [4.78, 5) is 15.7. The van der Waals surface area contributed by atoms with E-state index < -0.39 is 0 Å². The first-order valence-corrected chi connectivity index (χ1v) is 4.87. The molecule has 2 aromatic heterocycles. The summed E-state index contributed by atoms with van der Waals surface area (Å²) in [5, 5.41) is 17.6. The van der Waals surface area contributed by atoms with Gasteiger partial charge in [0, 0.05) is 12.4 Å². The molecule has 0 radical (unpaired) electrons. The first-order valence-electron chi connectivity index (χ1n) is 4.87. The maximum Gasteiger partial charge on any atom is 0.258 e. The van der Waals surface area contributed by atoms with E-state index in [1.165, 1.54) is 12.4 Å². The average Bonchev–Trinajstić information content (AvgIpc) is 2.76. The molecule has 2 rings (SSSR count). The first kappa shape index (κ1) is 10.8. The number of carbonyl (C=O) groups excluding carboxylic acids is 1. The van der Waals surface area contributed by atoms with Gasteiger partial charge in [-0.15, -0.1) is 0 Å². The number of hydrogen-bond donors (Lipinski definition) is 2. The van der Waals surface area contributed by atoms with Crippen LogP contribution in [-0.4, -0.2) is 21.1 Å². The Hall–Kier alpha value is -2.68. The van der Waals surface area contributed by atoms with Gasteiger partial charge in [-0.1, -0.05) is 0 Å². The van der Waals surface area contributed by atoms with E-state index in [1.807, 2.05) is 13.0 Å². The highest BCUT2D eigenvalue weighted by Gasteiger charge is 2.10. The third kappa shape index (κ3) is 2.29. The minimum absolute atomic E-state index is 0.291. The van der Waals surface area contributed by atoms with Crippen molar-refractivity contribution in [2.45, 2.75) is 6.92 Å². The summed E-state index contributed by atoms with van der Waals surface area (Å²) in [5.74, 6) is -0.0408. The zero-order valence-corrected chi connectivity index (χ0v) is 9.06. The second kappa shape index (κ2) is 4.45. The normalized spacial score (nSPS) is 9.65. The summed E-state index contributed by atoms with van der Waals surface area (Å²) in [6.45, 7) is 1.85. The van der Waals surface area contributed by atoms with Gasteiger partial charge in [0.1, 0.15) is 17.5 Å². The average molecular weight is 227 g/mol. The maximum absolute atomic E-state index is 11.8. The number of aryl methyl sites for hydroxylation is 1. The standard InChI is InChI=1S/C11H9N5O/c1-7-2-8(5-13-4-7)11(17)15-10-9(3-12)6-14-16-10/h2,4-6H,1H3,(H2,14,15,16,17). The molecule has 0 aliphatic rings. The van der Waals surface area contributed by atoms with Crippen LogP contribution in [0.2, 0.25) is 0 Å². The Morgan fingerprint density at radius 1 is 1.47 bits per heavy atom. The van der Waals surface area contributed by atoms with Gasteiger partial charge >= 0.3 is 0 Å². The van der Waals surface area contributed by atoms with Gasteiger partial charge in [0.15, 0.2) is 0 Å². The SMILES string of the molecule is Cc1cncc(C(=O)Nc2[nH]ncc2C#N)c1. The Bertz CT molecular complexity index is 596. The second-order valence-corrected chi connectivity index (χ2v) is 3.48. The van der Waals surface area contributed by atoms with Crippen LogP contribution in [0, 0.1) is 18.3 Å². The lowest BCUT2D eigenvalue weighted by Crippen LogP contribution is -2.13. The fourth-order valence-corrected chi connectivity index (χ4v) is 1.33. The van der Waals surface area contributed by atoms with Gasteiger partial charge < -0.3 is 5.32 Å². The molecule has 0 saturated carbocycles. The van der Waals surface area contributed by atoms with Gasteiger partial charge in [-0.05, 0) is 18.6 Å². The number of nitriles is 1.